The maximum atomic E-state index is 3.55. The first-order valence-corrected chi connectivity index (χ1v) is 6.24. The van der Waals surface area contributed by atoms with Gasteiger partial charge in [0, 0.05) is 15.3 Å². The van der Waals surface area contributed by atoms with Crippen LogP contribution in [0.1, 0.15) is 27.2 Å². The molecule has 0 fully saturated rings. The van der Waals surface area contributed by atoms with Crippen molar-refractivity contribution in [3.05, 3.63) is 27.8 Å². The molecule has 0 aliphatic rings. The van der Waals surface area contributed by atoms with Crippen molar-refractivity contribution in [2.75, 3.05) is 5.32 Å². The Balaban J connectivity index is 2.64. The van der Waals surface area contributed by atoms with E-state index in [2.05, 4.69) is 72.9 Å². The van der Waals surface area contributed by atoms with Gasteiger partial charge in [-0.2, -0.15) is 0 Å². The Morgan fingerprint density at radius 2 is 1.93 bits per heavy atom. The SMILES string of the molecule is CCC(C)C(C)Nc1ccccc1I. The first-order valence-electron chi connectivity index (χ1n) is 5.16. The molecule has 2 heteroatoms. The van der Waals surface area contributed by atoms with Crippen LogP contribution in [0.3, 0.4) is 0 Å². The van der Waals surface area contributed by atoms with E-state index in [1.54, 1.807) is 0 Å². The minimum Gasteiger partial charge on any atom is -0.381 e. The van der Waals surface area contributed by atoms with Crippen molar-refractivity contribution >= 4 is 28.3 Å². The molecule has 1 aromatic rings. The molecule has 1 rings (SSSR count). The molecule has 0 heterocycles. The topological polar surface area (TPSA) is 12.0 Å². The molecule has 0 saturated carbocycles. The van der Waals surface area contributed by atoms with Crippen molar-refractivity contribution in [1.82, 2.24) is 0 Å². The molecule has 14 heavy (non-hydrogen) atoms. The lowest BCUT2D eigenvalue weighted by Gasteiger charge is -2.21. The molecule has 2 atom stereocenters. The van der Waals surface area contributed by atoms with Gasteiger partial charge in [-0.15, -0.1) is 0 Å². The molecular weight excluding hydrogens is 285 g/mol. The summed E-state index contributed by atoms with van der Waals surface area (Å²) in [6.45, 7) is 6.77. The third-order valence-corrected chi connectivity index (χ3v) is 3.70. The van der Waals surface area contributed by atoms with E-state index >= 15 is 0 Å². The highest BCUT2D eigenvalue weighted by Crippen LogP contribution is 2.20. The lowest BCUT2D eigenvalue weighted by molar-refractivity contribution is 0.494. The molecule has 0 spiro atoms. The maximum absolute atomic E-state index is 3.55. The number of hydrogen-bond donors (Lipinski definition) is 1. The molecule has 0 radical (unpaired) electrons. The van der Waals surface area contributed by atoms with E-state index in [9.17, 15) is 0 Å². The Labute approximate surface area is 100 Å². The molecule has 1 N–H and O–H groups in total. The third kappa shape index (κ3) is 3.15. The summed E-state index contributed by atoms with van der Waals surface area (Å²) in [6, 6.07) is 8.96. The molecule has 0 aromatic heterocycles. The van der Waals surface area contributed by atoms with Crippen molar-refractivity contribution in [2.24, 2.45) is 5.92 Å². The molecule has 0 aliphatic heterocycles. The Bertz CT molecular complexity index is 285. The minimum atomic E-state index is 0.538. The van der Waals surface area contributed by atoms with Crippen molar-refractivity contribution in [2.45, 2.75) is 33.2 Å². The van der Waals surface area contributed by atoms with Crippen LogP contribution in [0, 0.1) is 9.49 Å². The number of para-hydroxylation sites is 1. The van der Waals surface area contributed by atoms with Crippen LogP contribution in [0.4, 0.5) is 5.69 Å². The van der Waals surface area contributed by atoms with E-state index in [0.29, 0.717) is 12.0 Å². The molecule has 78 valence electrons. The van der Waals surface area contributed by atoms with Crippen molar-refractivity contribution in [1.29, 1.82) is 0 Å². The summed E-state index contributed by atoms with van der Waals surface area (Å²) in [4.78, 5) is 0. The average molecular weight is 303 g/mol. The standard InChI is InChI=1S/C12H18IN/c1-4-9(2)10(3)14-12-8-6-5-7-11(12)13/h5-10,14H,4H2,1-3H3. The van der Waals surface area contributed by atoms with Crippen LogP contribution in [0.5, 0.6) is 0 Å². The molecular formula is C12H18IN. The Morgan fingerprint density at radius 3 is 2.50 bits per heavy atom. The van der Waals surface area contributed by atoms with Gasteiger partial charge in [-0.05, 0) is 47.6 Å². The van der Waals surface area contributed by atoms with Crippen molar-refractivity contribution in [3.63, 3.8) is 0 Å². The van der Waals surface area contributed by atoms with Crippen LogP contribution in [-0.2, 0) is 0 Å². The van der Waals surface area contributed by atoms with E-state index < -0.39 is 0 Å². The van der Waals surface area contributed by atoms with E-state index in [0.717, 1.165) is 0 Å². The van der Waals surface area contributed by atoms with Crippen LogP contribution < -0.4 is 5.32 Å². The zero-order valence-electron chi connectivity index (χ0n) is 9.05. The van der Waals surface area contributed by atoms with Crippen molar-refractivity contribution in [3.8, 4) is 0 Å². The molecule has 1 nitrogen and oxygen atoms in total. The molecule has 0 saturated heterocycles. The summed E-state index contributed by atoms with van der Waals surface area (Å²) in [6.07, 6.45) is 1.22. The number of halogens is 1. The summed E-state index contributed by atoms with van der Waals surface area (Å²) in [7, 11) is 0. The zero-order valence-corrected chi connectivity index (χ0v) is 11.2. The maximum Gasteiger partial charge on any atom is 0.0478 e. The fourth-order valence-corrected chi connectivity index (χ4v) is 1.86. The largest absolute Gasteiger partial charge is 0.381 e. The second-order valence-electron chi connectivity index (χ2n) is 3.80. The molecule has 0 aliphatic carbocycles. The summed E-state index contributed by atoms with van der Waals surface area (Å²) < 4.78 is 1.29. The van der Waals surface area contributed by atoms with E-state index in [4.69, 9.17) is 0 Å². The first-order chi connectivity index (χ1) is 6.65. The predicted octanol–water partition coefficient (Wildman–Crippen LogP) is 4.14. The zero-order chi connectivity index (χ0) is 10.6. The van der Waals surface area contributed by atoms with Crippen molar-refractivity contribution < 1.29 is 0 Å². The summed E-state index contributed by atoms with van der Waals surface area (Å²) in [5.41, 5.74) is 1.25. The van der Waals surface area contributed by atoms with Gasteiger partial charge in [0.25, 0.3) is 0 Å². The first kappa shape index (κ1) is 11.8. The van der Waals surface area contributed by atoms with Gasteiger partial charge in [-0.3, -0.25) is 0 Å². The van der Waals surface area contributed by atoms with E-state index in [1.165, 1.54) is 15.7 Å². The fourth-order valence-electron chi connectivity index (χ4n) is 1.32. The average Bonchev–Trinajstić information content (AvgIpc) is 2.20. The predicted molar refractivity (Wildman–Crippen MR) is 71.7 cm³/mol. The van der Waals surface area contributed by atoms with Crippen LogP contribution in [0.15, 0.2) is 24.3 Å². The second-order valence-corrected chi connectivity index (χ2v) is 4.96. The lowest BCUT2D eigenvalue weighted by Crippen LogP contribution is -2.23. The molecule has 0 bridgehead atoms. The molecule has 2 unspecified atom stereocenters. The number of rotatable bonds is 4. The van der Waals surface area contributed by atoms with E-state index in [-0.39, 0.29) is 0 Å². The van der Waals surface area contributed by atoms with Gasteiger partial charge in [0.05, 0.1) is 0 Å². The van der Waals surface area contributed by atoms with Gasteiger partial charge < -0.3 is 5.32 Å². The normalized spacial score (nSPS) is 14.9. The minimum absolute atomic E-state index is 0.538. The highest BCUT2D eigenvalue weighted by Gasteiger charge is 2.10. The van der Waals surface area contributed by atoms with Crippen LogP contribution in [0.2, 0.25) is 0 Å². The second kappa shape index (κ2) is 5.59. The molecule has 1 aromatic carbocycles. The Morgan fingerprint density at radius 1 is 1.29 bits per heavy atom. The van der Waals surface area contributed by atoms with E-state index in [1.807, 2.05) is 0 Å². The quantitative estimate of drug-likeness (QED) is 0.824. The smallest absolute Gasteiger partial charge is 0.0478 e. The number of anilines is 1. The summed E-state index contributed by atoms with van der Waals surface area (Å²) in [5, 5.41) is 3.55. The number of benzene rings is 1. The van der Waals surface area contributed by atoms with Crippen LogP contribution in [-0.4, -0.2) is 6.04 Å². The van der Waals surface area contributed by atoms with Crippen LogP contribution >= 0.6 is 22.6 Å². The van der Waals surface area contributed by atoms with Gasteiger partial charge in [-0.1, -0.05) is 32.4 Å². The lowest BCUT2D eigenvalue weighted by atomic mass is 10.0. The highest BCUT2D eigenvalue weighted by molar-refractivity contribution is 14.1. The molecule has 0 amide bonds. The number of nitrogens with one attached hydrogen (secondary N) is 1. The fraction of sp³-hybridized carbons (Fsp3) is 0.500. The summed E-state index contributed by atoms with van der Waals surface area (Å²) >= 11 is 2.37. The van der Waals surface area contributed by atoms with Crippen LogP contribution in [0.25, 0.3) is 0 Å². The Hall–Kier alpha value is -0.250. The summed E-state index contributed by atoms with van der Waals surface area (Å²) in [5.74, 6) is 0.714. The van der Waals surface area contributed by atoms with Gasteiger partial charge in [0.2, 0.25) is 0 Å². The van der Waals surface area contributed by atoms with Gasteiger partial charge in [0.1, 0.15) is 0 Å². The Kier molecular flexibility index (Phi) is 4.72. The third-order valence-electron chi connectivity index (χ3n) is 2.75. The van der Waals surface area contributed by atoms with Gasteiger partial charge in [0.15, 0.2) is 0 Å². The van der Waals surface area contributed by atoms with Gasteiger partial charge >= 0.3 is 0 Å². The number of hydrogen-bond acceptors (Lipinski definition) is 1. The van der Waals surface area contributed by atoms with Gasteiger partial charge in [-0.25, -0.2) is 0 Å². The monoisotopic (exact) mass is 303 g/mol. The highest BCUT2D eigenvalue weighted by atomic mass is 127.